The maximum absolute atomic E-state index is 10.1. The summed E-state index contributed by atoms with van der Waals surface area (Å²) in [6, 6.07) is 0. The maximum atomic E-state index is 10.1. The summed E-state index contributed by atoms with van der Waals surface area (Å²) in [4.78, 5) is 10.1. The summed E-state index contributed by atoms with van der Waals surface area (Å²) in [5.74, 6) is 0.554. The zero-order valence-corrected chi connectivity index (χ0v) is 7.71. The zero-order chi connectivity index (χ0) is 9.40. The van der Waals surface area contributed by atoms with E-state index in [1.54, 1.807) is 0 Å². The van der Waals surface area contributed by atoms with Crippen LogP contribution in [0.25, 0.3) is 0 Å². The largest absolute Gasteiger partial charge is 0.447 e. The topological polar surface area (TPSA) is 61.6 Å². The average Bonchev–Trinajstić information content (AvgIpc) is 2.03. The van der Waals surface area contributed by atoms with Gasteiger partial charge in [-0.1, -0.05) is 20.3 Å². The molecule has 4 heteroatoms. The Morgan fingerprint density at radius 2 is 2.17 bits per heavy atom. The van der Waals surface area contributed by atoms with E-state index in [2.05, 4.69) is 18.6 Å². The predicted octanol–water partition coefficient (Wildman–Crippen LogP) is 1.14. The normalized spacial score (nSPS) is 12.5. The van der Waals surface area contributed by atoms with Gasteiger partial charge in [0.25, 0.3) is 0 Å². The molecule has 0 radical (unpaired) electrons. The number of primary amides is 1. The van der Waals surface area contributed by atoms with Gasteiger partial charge in [-0.15, -0.1) is 0 Å². The van der Waals surface area contributed by atoms with Crippen LogP contribution in [0.4, 0.5) is 4.79 Å². The highest BCUT2D eigenvalue weighted by atomic mass is 16.6. The highest BCUT2D eigenvalue weighted by Gasteiger charge is 1.98. The summed E-state index contributed by atoms with van der Waals surface area (Å²) < 4.78 is 9.68. The molecule has 12 heavy (non-hydrogen) atoms. The number of nitrogens with two attached hydrogens (primary N) is 1. The SMILES string of the molecule is CCC(C)COCCOC(N)=O. The molecule has 0 aromatic rings. The van der Waals surface area contributed by atoms with Gasteiger partial charge in [-0.25, -0.2) is 4.79 Å². The molecule has 1 atom stereocenters. The molecule has 0 rings (SSSR count). The first-order chi connectivity index (χ1) is 5.66. The molecule has 0 saturated heterocycles. The van der Waals surface area contributed by atoms with Gasteiger partial charge < -0.3 is 15.2 Å². The van der Waals surface area contributed by atoms with E-state index < -0.39 is 6.09 Å². The van der Waals surface area contributed by atoms with E-state index >= 15 is 0 Å². The molecule has 72 valence electrons. The molecular formula is C8H17NO3. The minimum absolute atomic E-state index is 0.242. The van der Waals surface area contributed by atoms with Gasteiger partial charge in [0.15, 0.2) is 0 Å². The van der Waals surface area contributed by atoms with Crippen LogP contribution in [0.2, 0.25) is 0 Å². The van der Waals surface area contributed by atoms with Crippen molar-refractivity contribution in [2.45, 2.75) is 20.3 Å². The van der Waals surface area contributed by atoms with Crippen molar-refractivity contribution in [1.29, 1.82) is 0 Å². The molecule has 2 N–H and O–H groups in total. The van der Waals surface area contributed by atoms with Crippen molar-refractivity contribution in [2.24, 2.45) is 11.7 Å². The number of carbonyl (C=O) groups is 1. The van der Waals surface area contributed by atoms with Crippen LogP contribution in [0.5, 0.6) is 0 Å². The van der Waals surface area contributed by atoms with Gasteiger partial charge >= 0.3 is 6.09 Å². The predicted molar refractivity (Wildman–Crippen MR) is 45.8 cm³/mol. The summed E-state index contributed by atoms with van der Waals surface area (Å²) in [5.41, 5.74) is 4.74. The van der Waals surface area contributed by atoms with E-state index in [4.69, 9.17) is 10.5 Å². The third-order valence-electron chi connectivity index (χ3n) is 1.57. The molecule has 0 heterocycles. The number of hydrogen-bond donors (Lipinski definition) is 1. The first-order valence-electron chi connectivity index (χ1n) is 4.16. The van der Waals surface area contributed by atoms with Gasteiger partial charge in [0.05, 0.1) is 6.61 Å². The average molecular weight is 175 g/mol. The lowest BCUT2D eigenvalue weighted by atomic mass is 10.1. The monoisotopic (exact) mass is 175 g/mol. The van der Waals surface area contributed by atoms with Gasteiger partial charge in [-0.3, -0.25) is 0 Å². The van der Waals surface area contributed by atoms with Gasteiger partial charge in [-0.2, -0.15) is 0 Å². The summed E-state index contributed by atoms with van der Waals surface area (Å²) in [7, 11) is 0. The summed E-state index contributed by atoms with van der Waals surface area (Å²) >= 11 is 0. The Morgan fingerprint density at radius 3 is 2.67 bits per heavy atom. The number of amides is 1. The smallest absolute Gasteiger partial charge is 0.404 e. The fraction of sp³-hybridized carbons (Fsp3) is 0.875. The molecular weight excluding hydrogens is 158 g/mol. The Balaban J connectivity index is 3.05. The van der Waals surface area contributed by atoms with Crippen molar-refractivity contribution in [1.82, 2.24) is 0 Å². The van der Waals surface area contributed by atoms with Crippen LogP contribution >= 0.6 is 0 Å². The maximum Gasteiger partial charge on any atom is 0.404 e. The van der Waals surface area contributed by atoms with Gasteiger partial charge in [0, 0.05) is 6.61 Å². The van der Waals surface area contributed by atoms with Crippen molar-refractivity contribution in [3.63, 3.8) is 0 Å². The lowest BCUT2D eigenvalue weighted by Gasteiger charge is -2.08. The summed E-state index contributed by atoms with van der Waals surface area (Å²) in [6.45, 7) is 5.58. The highest BCUT2D eigenvalue weighted by Crippen LogP contribution is 1.99. The van der Waals surface area contributed by atoms with Crippen LogP contribution in [-0.4, -0.2) is 25.9 Å². The van der Waals surface area contributed by atoms with Crippen LogP contribution in [-0.2, 0) is 9.47 Å². The highest BCUT2D eigenvalue weighted by molar-refractivity contribution is 5.64. The molecule has 0 aliphatic carbocycles. The third-order valence-corrected chi connectivity index (χ3v) is 1.57. The van der Waals surface area contributed by atoms with Crippen LogP contribution < -0.4 is 5.73 Å². The first-order valence-corrected chi connectivity index (χ1v) is 4.16. The second kappa shape index (κ2) is 6.91. The molecule has 0 aliphatic heterocycles. The van der Waals surface area contributed by atoms with Crippen LogP contribution in [0.15, 0.2) is 0 Å². The molecule has 1 unspecified atom stereocenters. The molecule has 4 nitrogen and oxygen atoms in total. The lowest BCUT2D eigenvalue weighted by Crippen LogP contribution is -2.17. The summed E-state index contributed by atoms with van der Waals surface area (Å²) in [6.07, 6.45) is 0.346. The number of ether oxygens (including phenoxy) is 2. The molecule has 1 amide bonds. The van der Waals surface area contributed by atoms with Crippen molar-refractivity contribution >= 4 is 6.09 Å². The molecule has 0 saturated carbocycles. The molecule has 0 aromatic heterocycles. The quantitative estimate of drug-likeness (QED) is 0.616. The minimum Gasteiger partial charge on any atom is -0.447 e. The Bertz CT molecular complexity index is 127. The molecule has 0 bridgehead atoms. The first kappa shape index (κ1) is 11.2. The Kier molecular flexibility index (Phi) is 6.47. The number of carbonyl (C=O) groups excluding carboxylic acids is 1. The molecule has 0 fully saturated rings. The lowest BCUT2D eigenvalue weighted by molar-refractivity contribution is 0.0601. The Morgan fingerprint density at radius 1 is 1.50 bits per heavy atom. The zero-order valence-electron chi connectivity index (χ0n) is 7.71. The van der Waals surface area contributed by atoms with Gasteiger partial charge in [0.1, 0.15) is 6.61 Å². The van der Waals surface area contributed by atoms with Crippen molar-refractivity contribution in [2.75, 3.05) is 19.8 Å². The molecule has 0 spiro atoms. The van der Waals surface area contributed by atoms with E-state index in [1.807, 2.05) is 0 Å². The van der Waals surface area contributed by atoms with Crippen LogP contribution in [0.3, 0.4) is 0 Å². The minimum atomic E-state index is -0.748. The number of hydrogen-bond acceptors (Lipinski definition) is 3. The van der Waals surface area contributed by atoms with E-state index in [9.17, 15) is 4.79 Å². The third kappa shape index (κ3) is 7.34. The van der Waals surface area contributed by atoms with E-state index in [0.717, 1.165) is 6.42 Å². The van der Waals surface area contributed by atoms with Gasteiger partial charge in [0.2, 0.25) is 0 Å². The Hall–Kier alpha value is -0.770. The van der Waals surface area contributed by atoms with Gasteiger partial charge in [-0.05, 0) is 5.92 Å². The van der Waals surface area contributed by atoms with Crippen molar-refractivity contribution in [3.8, 4) is 0 Å². The molecule has 0 aromatic carbocycles. The molecule has 0 aliphatic rings. The second-order valence-electron chi connectivity index (χ2n) is 2.76. The van der Waals surface area contributed by atoms with Crippen LogP contribution in [0.1, 0.15) is 20.3 Å². The fourth-order valence-electron chi connectivity index (χ4n) is 0.604. The second-order valence-corrected chi connectivity index (χ2v) is 2.76. The fourth-order valence-corrected chi connectivity index (χ4v) is 0.604. The van der Waals surface area contributed by atoms with Crippen molar-refractivity contribution < 1.29 is 14.3 Å². The van der Waals surface area contributed by atoms with E-state index in [0.29, 0.717) is 19.1 Å². The Labute approximate surface area is 73.0 Å². The van der Waals surface area contributed by atoms with E-state index in [-0.39, 0.29) is 6.61 Å². The standard InChI is InChI=1S/C8H17NO3/c1-3-7(2)6-11-4-5-12-8(9)10/h7H,3-6H2,1-2H3,(H2,9,10). The number of rotatable bonds is 6. The summed E-state index contributed by atoms with van der Waals surface area (Å²) in [5, 5.41) is 0. The van der Waals surface area contributed by atoms with Crippen molar-refractivity contribution in [3.05, 3.63) is 0 Å². The van der Waals surface area contributed by atoms with Crippen LogP contribution in [0, 0.1) is 5.92 Å². The van der Waals surface area contributed by atoms with E-state index in [1.165, 1.54) is 0 Å².